The highest BCUT2D eigenvalue weighted by Gasteiger charge is 2.15. The van der Waals surface area contributed by atoms with Crippen molar-refractivity contribution in [3.05, 3.63) is 34.3 Å². The number of halogens is 1. The summed E-state index contributed by atoms with van der Waals surface area (Å²) in [4.78, 5) is 0. The van der Waals surface area contributed by atoms with Crippen LogP contribution in [0.25, 0.3) is 0 Å². The lowest BCUT2D eigenvalue weighted by atomic mass is 9.92. The summed E-state index contributed by atoms with van der Waals surface area (Å²) in [5, 5.41) is 4.40. The van der Waals surface area contributed by atoms with Gasteiger partial charge in [-0.05, 0) is 49.1 Å². The lowest BCUT2D eigenvalue weighted by Gasteiger charge is -2.23. The Morgan fingerprint density at radius 3 is 2.59 bits per heavy atom. The Bertz CT molecular complexity index is 349. The largest absolute Gasteiger partial charge is 0.310 e. The molecule has 0 bridgehead atoms. The van der Waals surface area contributed by atoms with Crippen LogP contribution in [0.1, 0.15) is 50.8 Å². The highest BCUT2D eigenvalue weighted by molar-refractivity contribution is 6.30. The molecule has 0 heterocycles. The van der Waals surface area contributed by atoms with Crippen LogP contribution in [0.5, 0.6) is 0 Å². The van der Waals surface area contributed by atoms with E-state index in [4.69, 9.17) is 11.6 Å². The van der Waals surface area contributed by atoms with Crippen molar-refractivity contribution in [1.82, 2.24) is 5.32 Å². The number of benzene rings is 1. The SMILES string of the molecule is CCNC(CC(C)CC)c1cc(Cl)ccc1C. The maximum atomic E-state index is 6.10. The molecule has 1 rings (SSSR count). The molecule has 0 amide bonds. The summed E-state index contributed by atoms with van der Waals surface area (Å²) in [5.74, 6) is 0.734. The van der Waals surface area contributed by atoms with Crippen LogP contribution >= 0.6 is 11.6 Å². The zero-order chi connectivity index (χ0) is 12.8. The molecule has 0 radical (unpaired) electrons. The molecule has 1 aromatic carbocycles. The van der Waals surface area contributed by atoms with Gasteiger partial charge in [0.25, 0.3) is 0 Å². The fourth-order valence-corrected chi connectivity index (χ4v) is 2.30. The first-order valence-corrected chi connectivity index (χ1v) is 6.95. The first-order chi connectivity index (χ1) is 8.08. The van der Waals surface area contributed by atoms with E-state index in [0.717, 1.165) is 17.5 Å². The summed E-state index contributed by atoms with van der Waals surface area (Å²) >= 11 is 6.10. The van der Waals surface area contributed by atoms with Crippen LogP contribution in [0.15, 0.2) is 18.2 Å². The van der Waals surface area contributed by atoms with Gasteiger partial charge in [0.2, 0.25) is 0 Å². The van der Waals surface area contributed by atoms with Gasteiger partial charge in [-0.3, -0.25) is 0 Å². The fraction of sp³-hybridized carbons (Fsp3) is 0.600. The van der Waals surface area contributed by atoms with Gasteiger partial charge in [-0.1, -0.05) is 44.9 Å². The molecule has 2 atom stereocenters. The van der Waals surface area contributed by atoms with E-state index in [1.54, 1.807) is 0 Å². The third-order valence-electron chi connectivity index (χ3n) is 3.40. The van der Waals surface area contributed by atoms with Crippen molar-refractivity contribution in [2.45, 2.75) is 46.6 Å². The summed E-state index contributed by atoms with van der Waals surface area (Å²) in [6.07, 6.45) is 2.40. The minimum atomic E-state index is 0.425. The summed E-state index contributed by atoms with van der Waals surface area (Å²) in [7, 11) is 0. The van der Waals surface area contributed by atoms with Crippen molar-refractivity contribution < 1.29 is 0 Å². The third-order valence-corrected chi connectivity index (χ3v) is 3.64. The molecule has 1 N–H and O–H groups in total. The van der Waals surface area contributed by atoms with Crippen LogP contribution in [0.3, 0.4) is 0 Å². The quantitative estimate of drug-likeness (QED) is 0.773. The monoisotopic (exact) mass is 253 g/mol. The molecule has 0 saturated carbocycles. The van der Waals surface area contributed by atoms with Crippen molar-refractivity contribution >= 4 is 11.6 Å². The molecule has 1 aromatic rings. The van der Waals surface area contributed by atoms with E-state index < -0.39 is 0 Å². The van der Waals surface area contributed by atoms with E-state index in [9.17, 15) is 0 Å². The van der Waals surface area contributed by atoms with E-state index >= 15 is 0 Å². The second-order valence-electron chi connectivity index (χ2n) is 4.86. The molecule has 2 unspecified atom stereocenters. The van der Waals surface area contributed by atoms with Crippen LogP contribution in [-0.4, -0.2) is 6.54 Å². The van der Waals surface area contributed by atoms with Crippen molar-refractivity contribution in [2.75, 3.05) is 6.54 Å². The van der Waals surface area contributed by atoms with E-state index in [0.29, 0.717) is 6.04 Å². The zero-order valence-corrected chi connectivity index (χ0v) is 12.1. The average molecular weight is 254 g/mol. The maximum absolute atomic E-state index is 6.10. The van der Waals surface area contributed by atoms with Crippen LogP contribution in [0, 0.1) is 12.8 Å². The molecular formula is C15H24ClN. The highest BCUT2D eigenvalue weighted by atomic mass is 35.5. The van der Waals surface area contributed by atoms with Crippen molar-refractivity contribution in [3.63, 3.8) is 0 Å². The zero-order valence-electron chi connectivity index (χ0n) is 11.4. The predicted octanol–water partition coefficient (Wildman–Crippen LogP) is 4.74. The number of hydrogen-bond acceptors (Lipinski definition) is 1. The second-order valence-corrected chi connectivity index (χ2v) is 5.30. The molecule has 0 fully saturated rings. The normalized spacial score (nSPS) is 14.6. The molecule has 1 nitrogen and oxygen atoms in total. The molecule has 2 heteroatoms. The predicted molar refractivity (Wildman–Crippen MR) is 76.7 cm³/mol. The van der Waals surface area contributed by atoms with Crippen LogP contribution in [0.4, 0.5) is 0 Å². The standard InChI is InChI=1S/C15H24ClN/c1-5-11(3)9-15(17-6-2)14-10-13(16)8-7-12(14)4/h7-8,10-11,15,17H,5-6,9H2,1-4H3. The Morgan fingerprint density at radius 2 is 2.00 bits per heavy atom. The number of rotatable bonds is 6. The minimum Gasteiger partial charge on any atom is -0.310 e. The van der Waals surface area contributed by atoms with E-state index in [2.05, 4.69) is 45.1 Å². The Hall–Kier alpha value is -0.530. The number of aryl methyl sites for hydroxylation is 1. The molecule has 0 aliphatic carbocycles. The Labute approximate surface area is 111 Å². The van der Waals surface area contributed by atoms with Gasteiger partial charge in [-0.25, -0.2) is 0 Å². The highest BCUT2D eigenvalue weighted by Crippen LogP contribution is 2.27. The van der Waals surface area contributed by atoms with E-state index in [-0.39, 0.29) is 0 Å². The van der Waals surface area contributed by atoms with Gasteiger partial charge in [-0.15, -0.1) is 0 Å². The molecule has 0 saturated heterocycles. The number of hydrogen-bond donors (Lipinski definition) is 1. The second kappa shape index (κ2) is 7.03. The van der Waals surface area contributed by atoms with Crippen molar-refractivity contribution in [2.24, 2.45) is 5.92 Å². The Balaban J connectivity index is 2.91. The van der Waals surface area contributed by atoms with E-state index in [1.807, 2.05) is 6.07 Å². The molecule has 96 valence electrons. The first-order valence-electron chi connectivity index (χ1n) is 6.57. The Morgan fingerprint density at radius 1 is 1.29 bits per heavy atom. The van der Waals surface area contributed by atoms with Crippen molar-refractivity contribution in [1.29, 1.82) is 0 Å². The van der Waals surface area contributed by atoms with Gasteiger partial charge < -0.3 is 5.32 Å². The van der Waals surface area contributed by atoms with Crippen LogP contribution in [0.2, 0.25) is 5.02 Å². The van der Waals surface area contributed by atoms with Gasteiger partial charge in [0.05, 0.1) is 0 Å². The summed E-state index contributed by atoms with van der Waals surface area (Å²) < 4.78 is 0. The molecule has 0 aliphatic heterocycles. The molecule has 17 heavy (non-hydrogen) atoms. The summed E-state index contributed by atoms with van der Waals surface area (Å²) in [6, 6.07) is 6.60. The van der Waals surface area contributed by atoms with E-state index in [1.165, 1.54) is 24.0 Å². The van der Waals surface area contributed by atoms with Crippen LogP contribution in [-0.2, 0) is 0 Å². The summed E-state index contributed by atoms with van der Waals surface area (Å²) in [5.41, 5.74) is 2.67. The van der Waals surface area contributed by atoms with Gasteiger partial charge in [0.1, 0.15) is 0 Å². The van der Waals surface area contributed by atoms with Crippen LogP contribution < -0.4 is 5.32 Å². The van der Waals surface area contributed by atoms with Gasteiger partial charge in [0, 0.05) is 11.1 Å². The molecular weight excluding hydrogens is 230 g/mol. The fourth-order valence-electron chi connectivity index (χ4n) is 2.12. The lowest BCUT2D eigenvalue weighted by Crippen LogP contribution is -2.23. The maximum Gasteiger partial charge on any atom is 0.0409 e. The van der Waals surface area contributed by atoms with Crippen molar-refractivity contribution in [3.8, 4) is 0 Å². The molecule has 0 aromatic heterocycles. The summed E-state index contributed by atoms with van der Waals surface area (Å²) in [6.45, 7) is 9.87. The molecule has 0 aliphatic rings. The number of nitrogens with one attached hydrogen (secondary N) is 1. The first kappa shape index (κ1) is 14.5. The third kappa shape index (κ3) is 4.33. The topological polar surface area (TPSA) is 12.0 Å². The van der Waals surface area contributed by atoms with Gasteiger partial charge in [-0.2, -0.15) is 0 Å². The minimum absolute atomic E-state index is 0.425. The average Bonchev–Trinajstić information content (AvgIpc) is 2.31. The smallest absolute Gasteiger partial charge is 0.0409 e. The molecule has 0 spiro atoms. The van der Waals surface area contributed by atoms with Gasteiger partial charge >= 0.3 is 0 Å². The Kier molecular flexibility index (Phi) is 6.01. The lowest BCUT2D eigenvalue weighted by molar-refractivity contribution is 0.407. The van der Waals surface area contributed by atoms with Gasteiger partial charge in [0.15, 0.2) is 0 Å².